The highest BCUT2D eigenvalue weighted by atomic mass is 16.5. The zero-order valence-corrected chi connectivity index (χ0v) is 14.0. The molecule has 3 heterocycles. The first-order valence-corrected chi connectivity index (χ1v) is 8.74. The summed E-state index contributed by atoms with van der Waals surface area (Å²) in [5.74, 6) is 1.69. The molecule has 4 rings (SSSR count). The number of nitrogens with zero attached hydrogens (tertiary/aromatic N) is 4. The highest BCUT2D eigenvalue weighted by Crippen LogP contribution is 2.39. The van der Waals surface area contributed by atoms with Gasteiger partial charge in [0.25, 0.3) is 5.78 Å². The summed E-state index contributed by atoms with van der Waals surface area (Å²) in [7, 11) is 0. The van der Waals surface area contributed by atoms with E-state index in [0.29, 0.717) is 11.8 Å². The Morgan fingerprint density at radius 2 is 2.09 bits per heavy atom. The minimum Gasteiger partial charge on any atom is -0.375 e. The van der Waals surface area contributed by atoms with Gasteiger partial charge in [-0.25, -0.2) is 4.98 Å². The first kappa shape index (κ1) is 14.9. The third kappa shape index (κ3) is 2.69. The van der Waals surface area contributed by atoms with Crippen molar-refractivity contribution in [1.82, 2.24) is 19.6 Å². The maximum atomic E-state index is 6.21. The van der Waals surface area contributed by atoms with Crippen LogP contribution in [0.3, 0.4) is 0 Å². The summed E-state index contributed by atoms with van der Waals surface area (Å²) in [4.78, 5) is 8.73. The van der Waals surface area contributed by atoms with Gasteiger partial charge in [-0.1, -0.05) is 19.3 Å². The van der Waals surface area contributed by atoms with Crippen molar-refractivity contribution < 1.29 is 4.74 Å². The summed E-state index contributed by atoms with van der Waals surface area (Å²) in [6.07, 6.45) is 10.1. The summed E-state index contributed by atoms with van der Waals surface area (Å²) < 4.78 is 8.04. The second kappa shape index (κ2) is 5.74. The van der Waals surface area contributed by atoms with Gasteiger partial charge in [-0.3, -0.25) is 0 Å². The van der Waals surface area contributed by atoms with Crippen LogP contribution in [0.15, 0.2) is 6.33 Å². The SMILES string of the molecule is Cc1nc2ncnn2c(NC2CCOC3(CCCCC3)C2)c1C. The summed E-state index contributed by atoms with van der Waals surface area (Å²) in [5.41, 5.74) is 2.26. The average Bonchev–Trinajstić information content (AvgIpc) is 3.00. The van der Waals surface area contributed by atoms with Gasteiger partial charge >= 0.3 is 0 Å². The zero-order valence-electron chi connectivity index (χ0n) is 14.0. The standard InChI is InChI=1S/C17H25N5O/c1-12-13(2)20-16-18-11-19-22(16)15(12)21-14-6-9-23-17(10-14)7-4-3-5-8-17/h11,14,21H,3-10H2,1-2H3. The molecule has 1 N–H and O–H groups in total. The second-order valence-corrected chi connectivity index (χ2v) is 7.07. The molecule has 1 aliphatic carbocycles. The number of aromatic nitrogens is 4. The molecule has 1 saturated heterocycles. The lowest BCUT2D eigenvalue weighted by atomic mass is 9.78. The molecule has 1 atom stereocenters. The van der Waals surface area contributed by atoms with Crippen molar-refractivity contribution in [2.75, 3.05) is 11.9 Å². The molecule has 1 spiro atoms. The number of nitrogens with one attached hydrogen (secondary N) is 1. The highest BCUT2D eigenvalue weighted by Gasteiger charge is 2.38. The fourth-order valence-corrected chi connectivity index (χ4v) is 4.09. The van der Waals surface area contributed by atoms with Crippen molar-refractivity contribution in [2.24, 2.45) is 0 Å². The van der Waals surface area contributed by atoms with Crippen LogP contribution in [0, 0.1) is 13.8 Å². The van der Waals surface area contributed by atoms with E-state index in [9.17, 15) is 0 Å². The van der Waals surface area contributed by atoms with Crippen molar-refractivity contribution in [2.45, 2.75) is 70.4 Å². The van der Waals surface area contributed by atoms with Crippen LogP contribution < -0.4 is 5.32 Å². The second-order valence-electron chi connectivity index (χ2n) is 7.07. The van der Waals surface area contributed by atoms with Gasteiger partial charge < -0.3 is 10.1 Å². The Morgan fingerprint density at radius 3 is 2.91 bits per heavy atom. The average molecular weight is 315 g/mol. The number of rotatable bonds is 2. The largest absolute Gasteiger partial charge is 0.375 e. The number of aryl methyl sites for hydroxylation is 1. The number of fused-ring (bicyclic) bond motifs is 1. The predicted octanol–water partition coefficient (Wildman–Crippen LogP) is 3.03. The van der Waals surface area contributed by atoms with Gasteiger partial charge in [0.15, 0.2) is 0 Å². The number of anilines is 1. The molecule has 6 heteroatoms. The van der Waals surface area contributed by atoms with Crippen LogP contribution in [0.1, 0.15) is 56.2 Å². The van der Waals surface area contributed by atoms with E-state index in [4.69, 9.17) is 4.74 Å². The minimum atomic E-state index is 0.103. The van der Waals surface area contributed by atoms with Crippen molar-refractivity contribution in [3.8, 4) is 0 Å². The van der Waals surface area contributed by atoms with Crippen LogP contribution >= 0.6 is 0 Å². The van der Waals surface area contributed by atoms with E-state index in [1.54, 1.807) is 6.33 Å². The molecule has 6 nitrogen and oxygen atoms in total. The molecule has 0 radical (unpaired) electrons. The van der Waals surface area contributed by atoms with Crippen molar-refractivity contribution in [3.63, 3.8) is 0 Å². The fraction of sp³-hybridized carbons (Fsp3) is 0.706. The van der Waals surface area contributed by atoms with E-state index < -0.39 is 0 Å². The molecule has 1 saturated carbocycles. The Labute approximate surface area is 136 Å². The van der Waals surface area contributed by atoms with Crippen LogP contribution in [-0.4, -0.2) is 37.8 Å². The van der Waals surface area contributed by atoms with Crippen LogP contribution in [0.25, 0.3) is 5.78 Å². The Bertz CT molecular complexity index is 699. The Kier molecular flexibility index (Phi) is 3.71. The molecular formula is C17H25N5O. The van der Waals surface area contributed by atoms with Gasteiger partial charge in [-0.05, 0) is 39.5 Å². The van der Waals surface area contributed by atoms with Crippen LogP contribution in [0.2, 0.25) is 0 Å². The van der Waals surface area contributed by atoms with Crippen LogP contribution in [0.4, 0.5) is 5.82 Å². The molecule has 2 aliphatic rings. The lowest BCUT2D eigenvalue weighted by Gasteiger charge is -2.44. The van der Waals surface area contributed by atoms with E-state index >= 15 is 0 Å². The van der Waals surface area contributed by atoms with Gasteiger partial charge in [0.2, 0.25) is 0 Å². The zero-order chi connectivity index (χ0) is 15.9. The van der Waals surface area contributed by atoms with E-state index in [0.717, 1.165) is 36.5 Å². The Hall–Kier alpha value is -1.69. The van der Waals surface area contributed by atoms with Crippen molar-refractivity contribution in [1.29, 1.82) is 0 Å². The van der Waals surface area contributed by atoms with Gasteiger partial charge in [0.05, 0.1) is 5.60 Å². The van der Waals surface area contributed by atoms with Crippen LogP contribution in [-0.2, 0) is 4.74 Å². The smallest absolute Gasteiger partial charge is 0.254 e. The summed E-state index contributed by atoms with van der Waals surface area (Å²) in [6, 6.07) is 0.426. The van der Waals surface area contributed by atoms with Gasteiger partial charge in [0.1, 0.15) is 12.1 Å². The molecular weight excluding hydrogens is 290 g/mol. The third-order valence-electron chi connectivity index (χ3n) is 5.51. The van der Waals surface area contributed by atoms with E-state index in [1.807, 2.05) is 11.4 Å². The minimum absolute atomic E-state index is 0.103. The normalized spacial score (nSPS) is 24.2. The van der Waals surface area contributed by atoms with Crippen molar-refractivity contribution in [3.05, 3.63) is 17.6 Å². The Balaban J connectivity index is 1.60. The van der Waals surface area contributed by atoms with E-state index in [2.05, 4.69) is 27.3 Å². The molecule has 2 fully saturated rings. The van der Waals surface area contributed by atoms with Crippen molar-refractivity contribution >= 4 is 11.6 Å². The first-order chi connectivity index (χ1) is 11.2. The van der Waals surface area contributed by atoms with Gasteiger partial charge in [-0.15, -0.1) is 0 Å². The van der Waals surface area contributed by atoms with Gasteiger partial charge in [0, 0.05) is 23.9 Å². The molecule has 2 aromatic heterocycles. The molecule has 23 heavy (non-hydrogen) atoms. The van der Waals surface area contributed by atoms with E-state index in [1.165, 1.54) is 32.1 Å². The highest BCUT2D eigenvalue weighted by molar-refractivity contribution is 5.52. The monoisotopic (exact) mass is 315 g/mol. The molecule has 2 aromatic rings. The molecule has 1 unspecified atom stereocenters. The number of ether oxygens (including phenoxy) is 1. The van der Waals surface area contributed by atoms with Crippen LogP contribution in [0.5, 0.6) is 0 Å². The van der Waals surface area contributed by atoms with Gasteiger partial charge in [-0.2, -0.15) is 14.6 Å². The molecule has 1 aliphatic heterocycles. The summed E-state index contributed by atoms with van der Waals surface area (Å²) in [5, 5.41) is 8.07. The maximum Gasteiger partial charge on any atom is 0.254 e. The maximum absolute atomic E-state index is 6.21. The number of hydrogen-bond donors (Lipinski definition) is 1. The lowest BCUT2D eigenvalue weighted by molar-refractivity contribution is -0.103. The third-order valence-corrected chi connectivity index (χ3v) is 5.51. The summed E-state index contributed by atoms with van der Waals surface area (Å²) in [6.45, 7) is 4.98. The molecule has 0 bridgehead atoms. The fourth-order valence-electron chi connectivity index (χ4n) is 4.09. The quantitative estimate of drug-likeness (QED) is 0.923. The Morgan fingerprint density at radius 1 is 1.26 bits per heavy atom. The molecule has 124 valence electrons. The first-order valence-electron chi connectivity index (χ1n) is 8.74. The topological polar surface area (TPSA) is 64.3 Å². The number of hydrogen-bond acceptors (Lipinski definition) is 5. The summed E-state index contributed by atoms with van der Waals surface area (Å²) >= 11 is 0. The lowest BCUT2D eigenvalue weighted by Crippen LogP contribution is -2.46. The molecule has 0 aromatic carbocycles. The molecule has 0 amide bonds. The predicted molar refractivity (Wildman–Crippen MR) is 88.7 cm³/mol. The van der Waals surface area contributed by atoms with E-state index in [-0.39, 0.29) is 5.60 Å².